The third-order valence-electron chi connectivity index (χ3n) is 5.06. The fourth-order valence-corrected chi connectivity index (χ4v) is 3.88. The van der Waals surface area contributed by atoms with E-state index in [0.717, 1.165) is 41.2 Å². The van der Waals surface area contributed by atoms with Gasteiger partial charge in [-0.05, 0) is 57.7 Å². The Labute approximate surface area is 174 Å². The highest BCUT2D eigenvalue weighted by Gasteiger charge is 2.26. The van der Waals surface area contributed by atoms with Gasteiger partial charge >= 0.3 is 6.09 Å². The molecule has 3 aromatic heterocycles. The van der Waals surface area contributed by atoms with Crippen LogP contribution in [0.4, 0.5) is 4.79 Å². The number of ether oxygens (including phenoxy) is 1. The Kier molecular flexibility index (Phi) is 5.20. The van der Waals surface area contributed by atoms with Crippen LogP contribution in [0.15, 0.2) is 41.3 Å². The molecule has 4 rings (SSSR count). The molecule has 156 valence electrons. The zero-order valence-corrected chi connectivity index (χ0v) is 17.3. The van der Waals surface area contributed by atoms with Crippen molar-refractivity contribution in [1.82, 2.24) is 15.3 Å². The number of hydrogen-bond donors (Lipinski definition) is 2. The maximum atomic E-state index is 12.2. The third kappa shape index (κ3) is 4.01. The Morgan fingerprint density at radius 1 is 1.40 bits per heavy atom. The van der Waals surface area contributed by atoms with Crippen LogP contribution < -0.4 is 5.32 Å². The lowest BCUT2D eigenvalue weighted by atomic mass is 9.86. The first-order valence-electron chi connectivity index (χ1n) is 10.0. The Morgan fingerprint density at radius 2 is 2.23 bits per heavy atom. The van der Waals surface area contributed by atoms with Crippen molar-refractivity contribution in [1.29, 1.82) is 0 Å². The molecule has 0 saturated heterocycles. The highest BCUT2D eigenvalue weighted by Crippen LogP contribution is 2.38. The van der Waals surface area contributed by atoms with Gasteiger partial charge in [0.25, 0.3) is 0 Å². The van der Waals surface area contributed by atoms with Gasteiger partial charge in [0.05, 0.1) is 6.26 Å². The number of nitrogens with one attached hydrogen (secondary N) is 2. The second-order valence-electron chi connectivity index (χ2n) is 8.46. The molecule has 0 spiro atoms. The van der Waals surface area contributed by atoms with E-state index in [1.807, 2.05) is 39.1 Å². The van der Waals surface area contributed by atoms with Gasteiger partial charge in [-0.25, -0.2) is 9.78 Å². The molecule has 0 radical (unpaired) electrons. The first kappa shape index (κ1) is 19.9. The van der Waals surface area contributed by atoms with Crippen molar-refractivity contribution in [2.75, 3.05) is 0 Å². The Morgan fingerprint density at radius 3 is 2.93 bits per heavy atom. The van der Waals surface area contributed by atoms with Crippen molar-refractivity contribution in [3.8, 4) is 11.3 Å². The van der Waals surface area contributed by atoms with Gasteiger partial charge in [-0.15, -0.1) is 0 Å². The third-order valence-corrected chi connectivity index (χ3v) is 5.06. The molecule has 0 saturated carbocycles. The number of carbonyl (C=O) groups excluding carboxylic acids is 2. The van der Waals surface area contributed by atoms with Crippen molar-refractivity contribution < 1.29 is 18.7 Å². The quantitative estimate of drug-likeness (QED) is 0.587. The maximum absolute atomic E-state index is 12.2. The summed E-state index contributed by atoms with van der Waals surface area (Å²) in [6.07, 6.45) is 9.77. The number of pyridine rings is 1. The van der Waals surface area contributed by atoms with Crippen LogP contribution in [0, 0.1) is 0 Å². The number of aromatic nitrogens is 2. The van der Waals surface area contributed by atoms with Gasteiger partial charge in [0.1, 0.15) is 17.0 Å². The average Bonchev–Trinajstić information content (AvgIpc) is 3.35. The molecule has 0 fully saturated rings. The summed E-state index contributed by atoms with van der Waals surface area (Å²) >= 11 is 0. The van der Waals surface area contributed by atoms with Crippen LogP contribution in [-0.2, 0) is 4.74 Å². The fraction of sp³-hybridized carbons (Fsp3) is 0.348. The SMILES string of the molecule is CC(C)(C)OC(=O)NC1CCC=C(c2c(C=O)cnc3[nH]cc(-c4ccco4)c23)C1. The molecule has 1 aliphatic rings. The van der Waals surface area contributed by atoms with E-state index >= 15 is 0 Å². The predicted molar refractivity (Wildman–Crippen MR) is 114 cm³/mol. The zero-order chi connectivity index (χ0) is 21.3. The summed E-state index contributed by atoms with van der Waals surface area (Å²) in [6, 6.07) is 3.63. The minimum atomic E-state index is -0.553. The molecule has 0 aromatic carbocycles. The van der Waals surface area contributed by atoms with Gasteiger partial charge in [0, 0.05) is 40.5 Å². The summed E-state index contributed by atoms with van der Waals surface area (Å²) in [6.45, 7) is 5.51. The Balaban J connectivity index is 1.70. The number of H-pyrrole nitrogens is 1. The van der Waals surface area contributed by atoms with Crippen LogP contribution in [0.5, 0.6) is 0 Å². The Bertz CT molecular complexity index is 1100. The van der Waals surface area contributed by atoms with Gasteiger partial charge in [-0.3, -0.25) is 4.79 Å². The van der Waals surface area contributed by atoms with Crippen LogP contribution in [-0.4, -0.2) is 34.0 Å². The normalized spacial score (nSPS) is 16.9. The molecule has 0 aliphatic heterocycles. The summed E-state index contributed by atoms with van der Waals surface area (Å²) in [4.78, 5) is 31.7. The minimum Gasteiger partial charge on any atom is -0.464 e. The van der Waals surface area contributed by atoms with Gasteiger partial charge in [0.15, 0.2) is 6.29 Å². The molecule has 1 atom stereocenters. The van der Waals surface area contributed by atoms with Crippen molar-refractivity contribution in [2.45, 2.75) is 51.7 Å². The number of hydrogen-bond acceptors (Lipinski definition) is 5. The standard InChI is InChI=1S/C23H25N3O4/c1-23(2,3)30-22(28)26-16-7-4-6-14(10-16)19-15(13-27)11-24-21-20(19)17(12-25-21)18-8-5-9-29-18/h5-6,8-9,11-13,16H,4,7,10H2,1-3H3,(H,24,25)(H,26,28). The molecular weight excluding hydrogens is 382 g/mol. The van der Waals surface area contributed by atoms with Crippen LogP contribution in [0.1, 0.15) is 56.0 Å². The van der Waals surface area contributed by atoms with Crippen LogP contribution in [0.3, 0.4) is 0 Å². The summed E-state index contributed by atoms with van der Waals surface area (Å²) < 4.78 is 11.0. The van der Waals surface area contributed by atoms with Gasteiger partial charge in [-0.2, -0.15) is 0 Å². The largest absolute Gasteiger partial charge is 0.464 e. The van der Waals surface area contributed by atoms with Crippen molar-refractivity contribution in [3.63, 3.8) is 0 Å². The van der Waals surface area contributed by atoms with E-state index < -0.39 is 11.7 Å². The predicted octanol–water partition coefficient (Wildman–Crippen LogP) is 5.10. The van der Waals surface area contributed by atoms with Crippen molar-refractivity contribution >= 4 is 29.0 Å². The second kappa shape index (κ2) is 7.82. The highest BCUT2D eigenvalue weighted by atomic mass is 16.6. The molecule has 3 aromatic rings. The number of fused-ring (bicyclic) bond motifs is 1. The van der Waals surface area contributed by atoms with Crippen LogP contribution >= 0.6 is 0 Å². The number of amides is 1. The van der Waals surface area contributed by atoms with E-state index in [9.17, 15) is 9.59 Å². The molecule has 1 aliphatic carbocycles. The molecule has 7 nitrogen and oxygen atoms in total. The molecule has 1 amide bonds. The number of aromatic amines is 1. The number of furan rings is 1. The van der Waals surface area contributed by atoms with E-state index in [0.29, 0.717) is 23.4 Å². The van der Waals surface area contributed by atoms with E-state index in [2.05, 4.69) is 21.4 Å². The monoisotopic (exact) mass is 407 g/mol. The lowest BCUT2D eigenvalue weighted by Gasteiger charge is -2.27. The van der Waals surface area contributed by atoms with Gasteiger partial charge in [-0.1, -0.05) is 6.08 Å². The first-order valence-corrected chi connectivity index (χ1v) is 10.0. The average molecular weight is 407 g/mol. The van der Waals surface area contributed by atoms with Crippen LogP contribution in [0.25, 0.3) is 27.9 Å². The highest BCUT2D eigenvalue weighted by molar-refractivity contribution is 6.05. The van der Waals surface area contributed by atoms with E-state index in [4.69, 9.17) is 9.15 Å². The summed E-state index contributed by atoms with van der Waals surface area (Å²) in [5, 5.41) is 3.81. The molecule has 3 heterocycles. The summed E-state index contributed by atoms with van der Waals surface area (Å²) in [5.74, 6) is 0.701. The molecule has 1 unspecified atom stereocenters. The minimum absolute atomic E-state index is 0.0754. The fourth-order valence-electron chi connectivity index (χ4n) is 3.88. The lowest BCUT2D eigenvalue weighted by molar-refractivity contribution is 0.0502. The van der Waals surface area contributed by atoms with Crippen LogP contribution in [0.2, 0.25) is 0 Å². The summed E-state index contributed by atoms with van der Waals surface area (Å²) in [7, 11) is 0. The smallest absolute Gasteiger partial charge is 0.407 e. The number of alkyl carbamates (subject to hydrolysis) is 1. The zero-order valence-electron chi connectivity index (χ0n) is 17.3. The van der Waals surface area contributed by atoms with Gasteiger partial charge < -0.3 is 19.5 Å². The molecular formula is C23H25N3O4. The van der Waals surface area contributed by atoms with Gasteiger partial charge in [0.2, 0.25) is 0 Å². The number of rotatable bonds is 4. The van der Waals surface area contributed by atoms with E-state index in [1.54, 1.807) is 12.5 Å². The maximum Gasteiger partial charge on any atom is 0.407 e. The van der Waals surface area contributed by atoms with E-state index in [-0.39, 0.29) is 6.04 Å². The summed E-state index contributed by atoms with van der Waals surface area (Å²) in [5.41, 5.74) is 3.33. The molecule has 30 heavy (non-hydrogen) atoms. The Hall–Kier alpha value is -3.35. The van der Waals surface area contributed by atoms with E-state index in [1.165, 1.54) is 0 Å². The second-order valence-corrected chi connectivity index (χ2v) is 8.46. The lowest BCUT2D eigenvalue weighted by Crippen LogP contribution is -2.40. The molecule has 2 N–H and O–H groups in total. The first-order chi connectivity index (χ1) is 14.4. The number of allylic oxidation sites excluding steroid dienone is 1. The number of nitrogens with zero attached hydrogens (tertiary/aromatic N) is 1. The molecule has 0 bridgehead atoms. The molecule has 7 heteroatoms. The topological polar surface area (TPSA) is 97.2 Å². The van der Waals surface area contributed by atoms with Crippen molar-refractivity contribution in [2.24, 2.45) is 0 Å². The van der Waals surface area contributed by atoms with Crippen molar-refractivity contribution in [3.05, 3.63) is 48.0 Å². The number of carbonyl (C=O) groups is 2. The number of aldehydes is 1.